The number of hydrogen-bond donors (Lipinski definition) is 1. The first-order chi connectivity index (χ1) is 15.9. The molecule has 0 radical (unpaired) electrons. The molecule has 0 bridgehead atoms. The lowest BCUT2D eigenvalue weighted by Gasteiger charge is -2.21. The normalized spacial score (nSPS) is 19.6. The fourth-order valence-electron chi connectivity index (χ4n) is 4.28. The van der Waals surface area contributed by atoms with E-state index in [1.54, 1.807) is 23.5 Å². The maximum Gasteiger partial charge on any atom is 0.304 e. The predicted molar refractivity (Wildman–Crippen MR) is 129 cm³/mol. The molecular formula is C23H31N5O4S. The fraction of sp³-hybridized carbons (Fsp3) is 0.478. The Hall–Kier alpha value is -2.85. The van der Waals surface area contributed by atoms with Crippen molar-refractivity contribution < 1.29 is 18.0 Å². The Kier molecular flexibility index (Phi) is 7.04. The summed E-state index contributed by atoms with van der Waals surface area (Å²) < 4.78 is 34.8. The van der Waals surface area contributed by atoms with E-state index in [1.807, 2.05) is 12.1 Å². The van der Waals surface area contributed by atoms with E-state index < -0.39 is 10.2 Å². The molecule has 10 heteroatoms. The number of oxime groups is 1. The standard InChI is InChI=1S/C23H31N5O4S/c1-17(9-14-32-20-4-5-21-18(15-20)3-6-22(21)26-31-2)8-11-27-12-13-28(33(27,29)30)19-7-10-25-23(24)16-19/h4-5,7,10,15-17H,3,6,8-9,11-14H2,1-2H3,(H2,24,25)/b26-22+. The van der Waals surface area contributed by atoms with Gasteiger partial charge in [-0.3, -0.25) is 4.31 Å². The lowest BCUT2D eigenvalue weighted by Crippen LogP contribution is -2.34. The van der Waals surface area contributed by atoms with Crippen molar-refractivity contribution in [3.8, 4) is 5.75 Å². The molecule has 1 fully saturated rings. The first-order valence-corrected chi connectivity index (χ1v) is 12.6. The number of pyridine rings is 1. The molecule has 4 rings (SSSR count). The van der Waals surface area contributed by atoms with Crippen LogP contribution in [0.4, 0.5) is 11.5 Å². The second-order valence-corrected chi connectivity index (χ2v) is 10.3. The van der Waals surface area contributed by atoms with Crippen molar-refractivity contribution in [1.29, 1.82) is 0 Å². The Morgan fingerprint density at radius 3 is 2.82 bits per heavy atom. The average Bonchev–Trinajstić information content (AvgIpc) is 3.32. The number of aryl methyl sites for hydroxylation is 1. The summed E-state index contributed by atoms with van der Waals surface area (Å²) in [6.45, 7) is 4.09. The van der Waals surface area contributed by atoms with Crippen LogP contribution in [-0.2, 0) is 21.5 Å². The summed E-state index contributed by atoms with van der Waals surface area (Å²) >= 11 is 0. The van der Waals surface area contributed by atoms with Gasteiger partial charge in [-0.2, -0.15) is 12.7 Å². The van der Waals surface area contributed by atoms with Crippen molar-refractivity contribution in [2.45, 2.75) is 32.6 Å². The number of fused-ring (bicyclic) bond motifs is 1. The highest BCUT2D eigenvalue weighted by Gasteiger charge is 2.36. The van der Waals surface area contributed by atoms with Crippen molar-refractivity contribution in [3.63, 3.8) is 0 Å². The second kappa shape index (κ2) is 9.96. The van der Waals surface area contributed by atoms with Crippen LogP contribution in [0.5, 0.6) is 5.75 Å². The summed E-state index contributed by atoms with van der Waals surface area (Å²) in [5.41, 5.74) is 9.62. The van der Waals surface area contributed by atoms with E-state index in [1.165, 1.54) is 16.1 Å². The molecule has 1 atom stereocenters. The number of benzene rings is 1. The predicted octanol–water partition coefficient (Wildman–Crippen LogP) is 2.82. The van der Waals surface area contributed by atoms with Crippen molar-refractivity contribution in [2.24, 2.45) is 11.1 Å². The smallest absolute Gasteiger partial charge is 0.304 e. The summed E-state index contributed by atoms with van der Waals surface area (Å²) in [4.78, 5) is 8.85. The van der Waals surface area contributed by atoms with Gasteiger partial charge < -0.3 is 15.3 Å². The van der Waals surface area contributed by atoms with E-state index in [0.29, 0.717) is 43.7 Å². The fourth-order valence-corrected chi connectivity index (χ4v) is 5.90. The van der Waals surface area contributed by atoms with Crippen LogP contribution < -0.4 is 14.8 Å². The largest absolute Gasteiger partial charge is 0.494 e. The van der Waals surface area contributed by atoms with Gasteiger partial charge in [0.1, 0.15) is 18.7 Å². The van der Waals surface area contributed by atoms with Crippen LogP contribution in [-0.4, -0.2) is 56.8 Å². The molecule has 178 valence electrons. The van der Waals surface area contributed by atoms with E-state index >= 15 is 0 Å². The first-order valence-electron chi connectivity index (χ1n) is 11.2. The van der Waals surface area contributed by atoms with Gasteiger partial charge in [-0.1, -0.05) is 12.1 Å². The number of anilines is 2. The minimum atomic E-state index is -3.54. The molecule has 2 N–H and O–H groups in total. The third kappa shape index (κ3) is 5.22. The summed E-state index contributed by atoms with van der Waals surface area (Å²) in [5.74, 6) is 1.50. The van der Waals surface area contributed by atoms with Crippen molar-refractivity contribution in [3.05, 3.63) is 47.7 Å². The monoisotopic (exact) mass is 473 g/mol. The summed E-state index contributed by atoms with van der Waals surface area (Å²) in [7, 11) is -1.97. The van der Waals surface area contributed by atoms with Gasteiger partial charge >= 0.3 is 10.2 Å². The van der Waals surface area contributed by atoms with Gasteiger partial charge in [0.25, 0.3) is 0 Å². The zero-order valence-corrected chi connectivity index (χ0v) is 19.9. The topological polar surface area (TPSA) is 110 Å². The summed E-state index contributed by atoms with van der Waals surface area (Å²) in [5, 5.41) is 4.09. The molecule has 1 aromatic heterocycles. The average molecular weight is 474 g/mol. The Morgan fingerprint density at radius 1 is 1.18 bits per heavy atom. The maximum absolute atomic E-state index is 12.9. The van der Waals surface area contributed by atoms with Crippen LogP contribution in [0.1, 0.15) is 37.3 Å². The zero-order chi connectivity index (χ0) is 23.4. The molecule has 9 nitrogen and oxygen atoms in total. The molecule has 2 heterocycles. The van der Waals surface area contributed by atoms with Crippen molar-refractivity contribution in [1.82, 2.24) is 9.29 Å². The molecule has 1 aliphatic heterocycles. The minimum absolute atomic E-state index is 0.307. The number of nitrogens with two attached hydrogens (primary N) is 1. The molecule has 0 amide bonds. The van der Waals surface area contributed by atoms with Gasteiger partial charge in [-0.15, -0.1) is 0 Å². The first kappa shape index (κ1) is 23.3. The Bertz CT molecular complexity index is 1120. The molecule has 33 heavy (non-hydrogen) atoms. The van der Waals surface area contributed by atoms with Gasteiger partial charge in [-0.25, -0.2) is 4.98 Å². The summed E-state index contributed by atoms with van der Waals surface area (Å²) in [6, 6.07) is 9.35. The van der Waals surface area contributed by atoms with Gasteiger partial charge in [0.2, 0.25) is 0 Å². The number of rotatable bonds is 9. The third-order valence-electron chi connectivity index (χ3n) is 6.18. The molecule has 2 aromatic rings. The molecule has 0 saturated carbocycles. The lowest BCUT2D eigenvalue weighted by molar-refractivity contribution is 0.213. The van der Waals surface area contributed by atoms with Crippen molar-refractivity contribution >= 4 is 27.4 Å². The Morgan fingerprint density at radius 2 is 2.03 bits per heavy atom. The quantitative estimate of drug-likeness (QED) is 0.561. The molecule has 0 spiro atoms. The molecular weight excluding hydrogens is 442 g/mol. The van der Waals surface area contributed by atoms with Crippen LogP contribution in [0.15, 0.2) is 41.7 Å². The SMILES string of the molecule is CO/N=C1\CCc2cc(OCCC(C)CCN3CCN(c4ccnc(N)c4)S3(=O)=O)ccc21. The van der Waals surface area contributed by atoms with Crippen LogP contribution >= 0.6 is 0 Å². The van der Waals surface area contributed by atoms with Crippen LogP contribution in [0.2, 0.25) is 0 Å². The molecule has 1 unspecified atom stereocenters. The minimum Gasteiger partial charge on any atom is -0.494 e. The number of aromatic nitrogens is 1. The molecule has 1 aromatic carbocycles. The highest BCUT2D eigenvalue weighted by molar-refractivity contribution is 7.90. The number of nitrogen functional groups attached to an aromatic ring is 1. The van der Waals surface area contributed by atoms with E-state index in [9.17, 15) is 8.42 Å². The molecule has 1 aliphatic carbocycles. The van der Waals surface area contributed by atoms with Gasteiger partial charge in [0, 0.05) is 37.5 Å². The highest BCUT2D eigenvalue weighted by atomic mass is 32.2. The van der Waals surface area contributed by atoms with Crippen LogP contribution in [0, 0.1) is 5.92 Å². The Balaban J connectivity index is 1.24. The zero-order valence-electron chi connectivity index (χ0n) is 19.1. The van der Waals surface area contributed by atoms with Crippen LogP contribution in [0.3, 0.4) is 0 Å². The van der Waals surface area contributed by atoms with E-state index in [4.69, 9.17) is 15.3 Å². The molecule has 2 aliphatic rings. The second-order valence-electron chi connectivity index (χ2n) is 8.49. The third-order valence-corrected chi connectivity index (χ3v) is 8.15. The number of ether oxygens (including phenoxy) is 1. The lowest BCUT2D eigenvalue weighted by atomic mass is 10.0. The van der Waals surface area contributed by atoms with Gasteiger partial charge in [0.15, 0.2) is 0 Å². The highest BCUT2D eigenvalue weighted by Crippen LogP contribution is 2.28. The summed E-state index contributed by atoms with van der Waals surface area (Å²) in [6.07, 6.45) is 4.98. The van der Waals surface area contributed by atoms with Crippen LogP contribution in [0.25, 0.3) is 0 Å². The molecule has 1 saturated heterocycles. The van der Waals surface area contributed by atoms with Gasteiger partial charge in [0.05, 0.1) is 18.0 Å². The van der Waals surface area contributed by atoms with E-state index in [2.05, 4.69) is 23.1 Å². The maximum atomic E-state index is 12.9. The Labute approximate surface area is 195 Å². The van der Waals surface area contributed by atoms with E-state index in [0.717, 1.165) is 42.7 Å². The number of nitrogens with zero attached hydrogens (tertiary/aromatic N) is 4. The van der Waals surface area contributed by atoms with E-state index in [-0.39, 0.29) is 0 Å². The van der Waals surface area contributed by atoms with Crippen molar-refractivity contribution in [2.75, 3.05) is 43.4 Å². The van der Waals surface area contributed by atoms with Gasteiger partial charge in [-0.05, 0) is 61.4 Å². The number of hydrogen-bond acceptors (Lipinski definition) is 7.